The average molecular weight is 553 g/mol. The first-order valence-electron chi connectivity index (χ1n) is 13.4. The van der Waals surface area contributed by atoms with Gasteiger partial charge in [0.25, 0.3) is 0 Å². The van der Waals surface area contributed by atoms with Gasteiger partial charge in [0.2, 0.25) is 11.8 Å². The Labute approximate surface area is 235 Å². The monoisotopic (exact) mass is 552 g/mol. The lowest BCUT2D eigenvalue weighted by molar-refractivity contribution is -0.121. The van der Waals surface area contributed by atoms with E-state index in [9.17, 15) is 19.2 Å². The van der Waals surface area contributed by atoms with Crippen LogP contribution in [0.25, 0.3) is 0 Å². The van der Waals surface area contributed by atoms with Crippen molar-refractivity contribution in [1.29, 1.82) is 0 Å². The maximum Gasteiger partial charge on any atom is 0.411 e. The number of hydrogen-bond donors (Lipinski definition) is 3. The molecule has 2 aromatic rings. The van der Waals surface area contributed by atoms with E-state index in [0.717, 1.165) is 12.0 Å². The fraction of sp³-hybridized carbons (Fsp3) is 0.467. The molecule has 0 saturated carbocycles. The molecule has 2 aromatic carbocycles. The molecule has 216 valence electrons. The number of carbonyl (C=O) groups excluding carboxylic acids is 4. The number of likely N-dealkylation sites (tertiary alicyclic amines) is 1. The minimum Gasteiger partial charge on any atom is -0.444 e. The molecule has 0 radical (unpaired) electrons. The van der Waals surface area contributed by atoms with Crippen molar-refractivity contribution in [1.82, 2.24) is 15.5 Å². The van der Waals surface area contributed by atoms with Crippen LogP contribution in [0.15, 0.2) is 54.6 Å². The van der Waals surface area contributed by atoms with E-state index < -0.39 is 41.4 Å². The number of carbonyl (C=O) groups is 4. The molecule has 10 nitrogen and oxygen atoms in total. The topological polar surface area (TPSA) is 126 Å². The van der Waals surface area contributed by atoms with Crippen molar-refractivity contribution in [3.05, 3.63) is 65.7 Å². The highest BCUT2D eigenvalue weighted by molar-refractivity contribution is 5.97. The van der Waals surface area contributed by atoms with Crippen molar-refractivity contribution in [3.63, 3.8) is 0 Å². The summed E-state index contributed by atoms with van der Waals surface area (Å²) in [5.74, 6) is -0.847. The quantitative estimate of drug-likeness (QED) is 0.472. The Hall–Kier alpha value is -4.08. The highest BCUT2D eigenvalue weighted by Gasteiger charge is 2.42. The Kier molecular flexibility index (Phi) is 9.78. The van der Waals surface area contributed by atoms with Crippen LogP contribution < -0.4 is 16.0 Å². The van der Waals surface area contributed by atoms with Crippen molar-refractivity contribution < 1.29 is 28.7 Å². The van der Waals surface area contributed by atoms with E-state index in [2.05, 4.69) is 28.1 Å². The van der Waals surface area contributed by atoms with E-state index in [-0.39, 0.29) is 25.4 Å². The predicted molar refractivity (Wildman–Crippen MR) is 152 cm³/mol. The second-order valence-electron chi connectivity index (χ2n) is 11.9. The van der Waals surface area contributed by atoms with Gasteiger partial charge in [0.05, 0.1) is 0 Å². The zero-order chi connectivity index (χ0) is 29.5. The largest absolute Gasteiger partial charge is 0.444 e. The van der Waals surface area contributed by atoms with Gasteiger partial charge in [0.15, 0.2) is 0 Å². The van der Waals surface area contributed by atoms with Crippen molar-refractivity contribution in [2.24, 2.45) is 0 Å². The standard InChI is InChI=1S/C30H40N4O6/c1-29(2,3)39-27(37)31-18-25(35)32-23-17-24(34(19-23)28(38)40-30(4,5)6)26(36)33-22-14-12-21(13-15-22)16-20-10-8-7-9-11-20/h7-15,23-24H,16-19H2,1-6H3,(H,31,37)(H,32,35)(H,33,36)/t23?,24-/m0/s1. The number of benzene rings is 2. The second-order valence-corrected chi connectivity index (χ2v) is 11.9. The molecular weight excluding hydrogens is 512 g/mol. The summed E-state index contributed by atoms with van der Waals surface area (Å²) in [4.78, 5) is 52.0. The third-order valence-electron chi connectivity index (χ3n) is 5.86. The lowest BCUT2D eigenvalue weighted by Crippen LogP contribution is -2.46. The molecule has 0 bridgehead atoms. The van der Waals surface area contributed by atoms with Gasteiger partial charge in [-0.25, -0.2) is 9.59 Å². The molecule has 1 heterocycles. The van der Waals surface area contributed by atoms with Gasteiger partial charge in [0.1, 0.15) is 23.8 Å². The molecule has 1 unspecified atom stereocenters. The van der Waals surface area contributed by atoms with Crippen LogP contribution in [0.4, 0.5) is 15.3 Å². The summed E-state index contributed by atoms with van der Waals surface area (Å²) < 4.78 is 10.7. The molecule has 10 heteroatoms. The van der Waals surface area contributed by atoms with Crippen molar-refractivity contribution in [3.8, 4) is 0 Å². The van der Waals surface area contributed by atoms with E-state index in [1.54, 1.807) is 41.5 Å². The number of alkyl carbamates (subject to hydrolysis) is 1. The Morgan fingerprint density at radius 2 is 1.45 bits per heavy atom. The number of anilines is 1. The molecule has 2 atom stereocenters. The smallest absolute Gasteiger partial charge is 0.411 e. The normalized spacial score (nSPS) is 17.1. The van der Waals surface area contributed by atoms with Crippen LogP contribution in [0.1, 0.15) is 59.1 Å². The van der Waals surface area contributed by atoms with Gasteiger partial charge >= 0.3 is 12.2 Å². The first kappa shape index (κ1) is 30.5. The molecule has 1 aliphatic heterocycles. The van der Waals surface area contributed by atoms with E-state index >= 15 is 0 Å². The molecule has 0 aliphatic carbocycles. The summed E-state index contributed by atoms with van der Waals surface area (Å²) in [6, 6.07) is 16.3. The Morgan fingerprint density at radius 1 is 0.850 bits per heavy atom. The lowest BCUT2D eigenvalue weighted by atomic mass is 10.0. The van der Waals surface area contributed by atoms with Crippen molar-refractivity contribution in [2.75, 3.05) is 18.4 Å². The summed E-state index contributed by atoms with van der Waals surface area (Å²) in [7, 11) is 0. The summed E-state index contributed by atoms with van der Waals surface area (Å²) in [6.07, 6.45) is -0.394. The van der Waals surface area contributed by atoms with E-state index in [0.29, 0.717) is 5.69 Å². The van der Waals surface area contributed by atoms with Crippen LogP contribution in [-0.4, -0.2) is 65.3 Å². The molecule has 3 N–H and O–H groups in total. The van der Waals surface area contributed by atoms with Gasteiger partial charge in [-0.15, -0.1) is 0 Å². The molecule has 1 aliphatic rings. The molecular formula is C30H40N4O6. The van der Waals surface area contributed by atoms with Crippen LogP contribution in [0.3, 0.4) is 0 Å². The molecule has 1 fully saturated rings. The van der Waals surface area contributed by atoms with Gasteiger partial charge in [-0.3, -0.25) is 14.5 Å². The highest BCUT2D eigenvalue weighted by Crippen LogP contribution is 2.23. The first-order valence-corrected chi connectivity index (χ1v) is 13.4. The minimum atomic E-state index is -0.858. The van der Waals surface area contributed by atoms with Crippen LogP contribution in [0.5, 0.6) is 0 Å². The highest BCUT2D eigenvalue weighted by atomic mass is 16.6. The lowest BCUT2D eigenvalue weighted by Gasteiger charge is -2.28. The van der Waals surface area contributed by atoms with Gasteiger partial charge in [-0.05, 0) is 77.6 Å². The average Bonchev–Trinajstić information content (AvgIpc) is 3.27. The molecule has 4 amide bonds. The van der Waals surface area contributed by atoms with E-state index in [1.165, 1.54) is 10.5 Å². The van der Waals surface area contributed by atoms with Crippen LogP contribution in [-0.2, 0) is 25.5 Å². The summed E-state index contributed by atoms with van der Waals surface area (Å²) in [5.41, 5.74) is 1.43. The SMILES string of the molecule is CC(C)(C)OC(=O)NCC(=O)NC1C[C@@H](C(=O)Nc2ccc(Cc3ccccc3)cc2)N(C(=O)OC(C)(C)C)C1. The fourth-order valence-electron chi connectivity index (χ4n) is 4.22. The zero-order valence-corrected chi connectivity index (χ0v) is 24.1. The van der Waals surface area contributed by atoms with E-state index in [4.69, 9.17) is 9.47 Å². The number of hydrogen-bond acceptors (Lipinski definition) is 6. The molecule has 3 rings (SSSR count). The minimum absolute atomic E-state index is 0.0845. The van der Waals surface area contributed by atoms with Crippen LogP contribution >= 0.6 is 0 Å². The number of amides is 4. The summed E-state index contributed by atoms with van der Waals surface area (Å²) >= 11 is 0. The molecule has 40 heavy (non-hydrogen) atoms. The van der Waals surface area contributed by atoms with Crippen molar-refractivity contribution >= 4 is 29.7 Å². The zero-order valence-electron chi connectivity index (χ0n) is 24.1. The summed E-state index contributed by atoms with van der Waals surface area (Å²) in [5, 5.41) is 8.08. The van der Waals surface area contributed by atoms with Gasteiger partial charge < -0.3 is 25.4 Å². The van der Waals surface area contributed by atoms with Gasteiger partial charge in [0, 0.05) is 18.3 Å². The predicted octanol–water partition coefficient (Wildman–Crippen LogP) is 4.23. The second kappa shape index (κ2) is 12.8. The maximum absolute atomic E-state index is 13.3. The fourth-order valence-corrected chi connectivity index (χ4v) is 4.22. The third-order valence-corrected chi connectivity index (χ3v) is 5.86. The van der Waals surface area contributed by atoms with Gasteiger partial charge in [-0.2, -0.15) is 0 Å². The summed E-state index contributed by atoms with van der Waals surface area (Å²) in [6.45, 7) is 10.2. The van der Waals surface area contributed by atoms with Crippen LogP contribution in [0, 0.1) is 0 Å². The molecule has 0 spiro atoms. The Bertz CT molecular complexity index is 1190. The van der Waals surface area contributed by atoms with Crippen molar-refractivity contribution in [2.45, 2.75) is 77.7 Å². The number of nitrogens with one attached hydrogen (secondary N) is 3. The maximum atomic E-state index is 13.3. The Morgan fingerprint density at radius 3 is 2.05 bits per heavy atom. The van der Waals surface area contributed by atoms with E-state index in [1.807, 2.05) is 42.5 Å². The number of ether oxygens (including phenoxy) is 2. The number of rotatable bonds is 7. The Balaban J connectivity index is 1.63. The number of nitrogens with zero attached hydrogens (tertiary/aromatic N) is 1. The van der Waals surface area contributed by atoms with Crippen LogP contribution in [0.2, 0.25) is 0 Å². The molecule has 1 saturated heterocycles. The third kappa shape index (κ3) is 9.91. The first-order chi connectivity index (χ1) is 18.7. The molecule has 0 aromatic heterocycles. The van der Waals surface area contributed by atoms with Gasteiger partial charge in [-0.1, -0.05) is 42.5 Å².